The zero-order valence-electron chi connectivity index (χ0n) is 10.6. The van der Waals surface area contributed by atoms with Gasteiger partial charge >= 0.3 is 5.97 Å². The minimum Gasteiger partial charge on any atom is -0.481 e. The number of carboxylic acid groups (broad SMARTS) is 1. The molecule has 3 nitrogen and oxygen atoms in total. The third-order valence-electron chi connectivity index (χ3n) is 3.87. The lowest BCUT2D eigenvalue weighted by atomic mass is 9.88. The summed E-state index contributed by atoms with van der Waals surface area (Å²) < 4.78 is 0. The van der Waals surface area contributed by atoms with Crippen LogP contribution in [0, 0.1) is 18.8 Å². The maximum Gasteiger partial charge on any atom is 0.306 e. The lowest BCUT2D eigenvalue weighted by molar-refractivity contribution is -0.142. The first-order valence-corrected chi connectivity index (χ1v) is 6.41. The molecule has 1 fully saturated rings. The summed E-state index contributed by atoms with van der Waals surface area (Å²) in [7, 11) is 0. The molecule has 0 bridgehead atoms. The molecule has 2 unspecified atom stereocenters. The Labute approximate surface area is 107 Å². The monoisotopic (exact) mass is 246 g/mol. The molecule has 2 rings (SSSR count). The second-order valence-corrected chi connectivity index (χ2v) is 5.08. The van der Waals surface area contributed by atoms with E-state index in [0.29, 0.717) is 12.8 Å². The van der Waals surface area contributed by atoms with E-state index in [1.54, 1.807) is 0 Å². The molecule has 1 aliphatic rings. The molecule has 0 amide bonds. The van der Waals surface area contributed by atoms with Crippen LogP contribution in [0.1, 0.15) is 41.6 Å². The van der Waals surface area contributed by atoms with Gasteiger partial charge in [-0.1, -0.05) is 30.7 Å². The van der Waals surface area contributed by atoms with Crippen molar-refractivity contribution in [1.29, 1.82) is 0 Å². The first-order valence-electron chi connectivity index (χ1n) is 6.41. The van der Waals surface area contributed by atoms with Gasteiger partial charge < -0.3 is 5.11 Å². The molecule has 2 atom stereocenters. The molecule has 0 spiro atoms. The van der Waals surface area contributed by atoms with E-state index in [1.165, 1.54) is 0 Å². The minimum atomic E-state index is -0.755. The van der Waals surface area contributed by atoms with Gasteiger partial charge in [-0.2, -0.15) is 0 Å². The van der Waals surface area contributed by atoms with E-state index < -0.39 is 5.97 Å². The van der Waals surface area contributed by atoms with E-state index in [1.807, 2.05) is 31.2 Å². The Morgan fingerprint density at radius 1 is 1.28 bits per heavy atom. The summed E-state index contributed by atoms with van der Waals surface area (Å²) in [6.45, 7) is 1.91. The molecule has 96 valence electrons. The quantitative estimate of drug-likeness (QED) is 0.831. The van der Waals surface area contributed by atoms with Crippen LogP contribution in [-0.2, 0) is 4.79 Å². The fraction of sp³-hybridized carbons (Fsp3) is 0.467. The van der Waals surface area contributed by atoms with Gasteiger partial charge in [0, 0.05) is 12.0 Å². The van der Waals surface area contributed by atoms with E-state index in [0.717, 1.165) is 24.0 Å². The van der Waals surface area contributed by atoms with Gasteiger partial charge in [0.05, 0.1) is 5.92 Å². The first-order chi connectivity index (χ1) is 8.59. The molecule has 1 aliphatic carbocycles. The Balaban J connectivity index is 2.08. The molecular weight excluding hydrogens is 228 g/mol. The number of aryl methyl sites for hydroxylation is 1. The molecule has 1 saturated carbocycles. The number of benzene rings is 1. The molecule has 0 saturated heterocycles. The average Bonchev–Trinajstić information content (AvgIpc) is 2.77. The molecule has 1 aromatic carbocycles. The summed E-state index contributed by atoms with van der Waals surface area (Å²) in [5, 5.41) is 9.11. The highest BCUT2D eigenvalue weighted by Crippen LogP contribution is 2.35. The fourth-order valence-electron chi connectivity index (χ4n) is 2.84. The predicted octanol–water partition coefficient (Wildman–Crippen LogP) is 3.07. The number of carbonyl (C=O) groups excluding carboxylic acids is 1. The SMILES string of the molecule is Cc1ccccc1C(=O)CC1CCCC1C(=O)O. The number of Topliss-reactive ketones (excluding diaryl/α,β-unsaturated/α-hetero) is 1. The maximum atomic E-state index is 12.2. The summed E-state index contributed by atoms with van der Waals surface area (Å²) in [6, 6.07) is 7.49. The Morgan fingerprint density at radius 3 is 2.67 bits per heavy atom. The van der Waals surface area contributed by atoms with Crippen LogP contribution in [0.25, 0.3) is 0 Å². The van der Waals surface area contributed by atoms with Gasteiger partial charge in [0.1, 0.15) is 0 Å². The fourth-order valence-corrected chi connectivity index (χ4v) is 2.84. The molecule has 0 heterocycles. The van der Waals surface area contributed by atoms with Crippen molar-refractivity contribution in [3.8, 4) is 0 Å². The number of hydrogen-bond acceptors (Lipinski definition) is 2. The number of carboxylic acids is 1. The molecule has 3 heteroatoms. The number of carbonyl (C=O) groups is 2. The number of rotatable bonds is 4. The van der Waals surface area contributed by atoms with Crippen LogP contribution in [0.4, 0.5) is 0 Å². The molecule has 18 heavy (non-hydrogen) atoms. The third-order valence-corrected chi connectivity index (χ3v) is 3.87. The third kappa shape index (κ3) is 2.61. The van der Waals surface area contributed by atoms with Crippen molar-refractivity contribution in [2.24, 2.45) is 11.8 Å². The zero-order valence-corrected chi connectivity index (χ0v) is 10.6. The Morgan fingerprint density at radius 2 is 2.00 bits per heavy atom. The van der Waals surface area contributed by atoms with Crippen LogP contribution in [-0.4, -0.2) is 16.9 Å². The van der Waals surface area contributed by atoms with Crippen molar-refractivity contribution in [2.45, 2.75) is 32.6 Å². The number of aliphatic carboxylic acids is 1. The zero-order chi connectivity index (χ0) is 13.1. The van der Waals surface area contributed by atoms with Crippen molar-refractivity contribution in [1.82, 2.24) is 0 Å². The van der Waals surface area contributed by atoms with Crippen LogP contribution >= 0.6 is 0 Å². The van der Waals surface area contributed by atoms with Crippen molar-refractivity contribution in [2.75, 3.05) is 0 Å². The summed E-state index contributed by atoms with van der Waals surface area (Å²) in [5.74, 6) is -1.01. The summed E-state index contributed by atoms with van der Waals surface area (Å²) >= 11 is 0. The van der Waals surface area contributed by atoms with Crippen LogP contribution in [0.5, 0.6) is 0 Å². The molecule has 0 aliphatic heterocycles. The van der Waals surface area contributed by atoms with E-state index in [2.05, 4.69) is 0 Å². The van der Waals surface area contributed by atoms with E-state index in [4.69, 9.17) is 5.11 Å². The maximum absolute atomic E-state index is 12.2. The highest BCUT2D eigenvalue weighted by molar-refractivity contribution is 5.97. The Hall–Kier alpha value is -1.64. The lowest BCUT2D eigenvalue weighted by Crippen LogP contribution is -2.21. The van der Waals surface area contributed by atoms with Gasteiger partial charge in [-0.25, -0.2) is 0 Å². The molecule has 0 radical (unpaired) electrons. The highest BCUT2D eigenvalue weighted by Gasteiger charge is 2.34. The molecule has 0 aromatic heterocycles. The summed E-state index contributed by atoms with van der Waals surface area (Å²) in [5.41, 5.74) is 1.70. The lowest BCUT2D eigenvalue weighted by Gasteiger charge is -2.15. The Kier molecular flexibility index (Phi) is 3.80. The van der Waals surface area contributed by atoms with Gasteiger partial charge in [0.2, 0.25) is 0 Å². The molecule has 1 N–H and O–H groups in total. The second-order valence-electron chi connectivity index (χ2n) is 5.08. The minimum absolute atomic E-state index is 0.00889. The van der Waals surface area contributed by atoms with Gasteiger partial charge in [-0.15, -0.1) is 0 Å². The van der Waals surface area contributed by atoms with Gasteiger partial charge in [-0.3, -0.25) is 9.59 Å². The highest BCUT2D eigenvalue weighted by atomic mass is 16.4. The largest absolute Gasteiger partial charge is 0.481 e. The normalized spacial score (nSPS) is 22.9. The van der Waals surface area contributed by atoms with Crippen molar-refractivity contribution in [3.63, 3.8) is 0 Å². The standard InChI is InChI=1S/C15H18O3/c1-10-5-2-3-7-12(10)14(16)9-11-6-4-8-13(11)15(17)18/h2-3,5,7,11,13H,4,6,8-9H2,1H3,(H,17,18). The van der Waals surface area contributed by atoms with Gasteiger partial charge in [0.15, 0.2) is 5.78 Å². The topological polar surface area (TPSA) is 54.4 Å². The van der Waals surface area contributed by atoms with Crippen LogP contribution in [0.15, 0.2) is 24.3 Å². The molecule has 1 aromatic rings. The van der Waals surface area contributed by atoms with Crippen molar-refractivity contribution >= 4 is 11.8 Å². The van der Waals surface area contributed by atoms with E-state index in [9.17, 15) is 9.59 Å². The van der Waals surface area contributed by atoms with Crippen LogP contribution in [0.2, 0.25) is 0 Å². The van der Waals surface area contributed by atoms with Crippen molar-refractivity contribution in [3.05, 3.63) is 35.4 Å². The summed E-state index contributed by atoms with van der Waals surface area (Å²) in [6.07, 6.45) is 2.85. The number of ketones is 1. The molecular formula is C15H18O3. The van der Waals surface area contributed by atoms with Crippen LogP contribution < -0.4 is 0 Å². The van der Waals surface area contributed by atoms with E-state index in [-0.39, 0.29) is 17.6 Å². The van der Waals surface area contributed by atoms with E-state index >= 15 is 0 Å². The number of hydrogen-bond donors (Lipinski definition) is 1. The van der Waals surface area contributed by atoms with Crippen molar-refractivity contribution < 1.29 is 14.7 Å². The first kappa shape index (κ1) is 12.8. The predicted molar refractivity (Wildman–Crippen MR) is 68.6 cm³/mol. The Bertz CT molecular complexity index is 465. The summed E-state index contributed by atoms with van der Waals surface area (Å²) in [4.78, 5) is 23.3. The van der Waals surface area contributed by atoms with Crippen LogP contribution in [0.3, 0.4) is 0 Å². The van der Waals surface area contributed by atoms with Gasteiger partial charge in [-0.05, 0) is 31.2 Å². The average molecular weight is 246 g/mol. The second kappa shape index (κ2) is 5.34. The smallest absolute Gasteiger partial charge is 0.306 e. The van der Waals surface area contributed by atoms with Gasteiger partial charge in [0.25, 0.3) is 0 Å².